The number of aromatic nitrogens is 2. The third-order valence-electron chi connectivity index (χ3n) is 4.75. The molecule has 0 bridgehead atoms. The quantitative estimate of drug-likeness (QED) is 0.379. The Kier molecular flexibility index (Phi) is 6.03. The zero-order valence-corrected chi connectivity index (χ0v) is 16.8. The second kappa shape index (κ2) is 9.22. The van der Waals surface area contributed by atoms with Gasteiger partial charge in [-0.3, -0.25) is 4.79 Å². The van der Waals surface area contributed by atoms with E-state index in [0.29, 0.717) is 40.7 Å². The van der Waals surface area contributed by atoms with Gasteiger partial charge in [0.2, 0.25) is 5.95 Å². The van der Waals surface area contributed by atoms with E-state index in [1.807, 2.05) is 12.1 Å². The summed E-state index contributed by atoms with van der Waals surface area (Å²) in [6.45, 7) is 0.411. The fourth-order valence-corrected chi connectivity index (χ4v) is 3.02. The average Bonchev–Trinajstić information content (AvgIpc) is 2.81. The summed E-state index contributed by atoms with van der Waals surface area (Å²) < 4.78 is 26.7. The lowest BCUT2D eigenvalue weighted by Gasteiger charge is -2.09. The summed E-state index contributed by atoms with van der Waals surface area (Å²) >= 11 is 0. The van der Waals surface area contributed by atoms with Gasteiger partial charge in [-0.2, -0.15) is 0 Å². The first-order chi connectivity index (χ1) is 15.5. The topological polar surface area (TPSA) is 92.9 Å². The molecule has 0 radical (unpaired) electrons. The molecule has 4 rings (SSSR count). The Hall–Kier alpha value is -4.33. The minimum absolute atomic E-state index is 0.259. The maximum absolute atomic E-state index is 13.5. The third kappa shape index (κ3) is 4.86. The molecule has 1 aromatic heterocycles. The highest BCUT2D eigenvalue weighted by atomic mass is 19.2. The van der Waals surface area contributed by atoms with E-state index in [0.717, 1.165) is 17.7 Å². The van der Waals surface area contributed by atoms with Gasteiger partial charge in [-0.05, 0) is 54.1 Å². The van der Waals surface area contributed by atoms with Crippen LogP contribution in [-0.4, -0.2) is 15.9 Å². The van der Waals surface area contributed by atoms with E-state index in [9.17, 15) is 13.6 Å². The van der Waals surface area contributed by atoms with Crippen molar-refractivity contribution in [2.45, 2.75) is 6.54 Å². The highest BCUT2D eigenvalue weighted by Crippen LogP contribution is 2.21. The van der Waals surface area contributed by atoms with E-state index in [4.69, 9.17) is 5.73 Å². The van der Waals surface area contributed by atoms with Crippen molar-refractivity contribution in [2.24, 2.45) is 0 Å². The number of hydrogen-bond donors (Lipinski definition) is 3. The van der Waals surface area contributed by atoms with Gasteiger partial charge < -0.3 is 16.4 Å². The lowest BCUT2D eigenvalue weighted by atomic mass is 10.1. The summed E-state index contributed by atoms with van der Waals surface area (Å²) in [7, 11) is 0. The molecule has 0 saturated heterocycles. The van der Waals surface area contributed by atoms with Crippen LogP contribution >= 0.6 is 0 Å². The van der Waals surface area contributed by atoms with Crippen molar-refractivity contribution in [3.8, 4) is 11.3 Å². The van der Waals surface area contributed by atoms with Crippen LogP contribution in [0.25, 0.3) is 11.3 Å². The van der Waals surface area contributed by atoms with Crippen LogP contribution in [0.2, 0.25) is 0 Å². The lowest BCUT2D eigenvalue weighted by molar-refractivity contribution is 0.102. The Morgan fingerprint density at radius 2 is 1.72 bits per heavy atom. The smallest absolute Gasteiger partial charge is 0.255 e. The van der Waals surface area contributed by atoms with Crippen molar-refractivity contribution in [1.29, 1.82) is 0 Å². The molecule has 0 aliphatic rings. The van der Waals surface area contributed by atoms with Crippen molar-refractivity contribution in [3.05, 3.63) is 102 Å². The van der Waals surface area contributed by atoms with Gasteiger partial charge in [-0.25, -0.2) is 18.7 Å². The van der Waals surface area contributed by atoms with E-state index in [1.165, 1.54) is 12.3 Å². The minimum Gasteiger partial charge on any atom is -0.397 e. The number of hydrogen-bond acceptors (Lipinski definition) is 5. The monoisotopic (exact) mass is 431 g/mol. The van der Waals surface area contributed by atoms with Crippen molar-refractivity contribution in [1.82, 2.24) is 9.97 Å². The fourth-order valence-electron chi connectivity index (χ4n) is 3.02. The van der Waals surface area contributed by atoms with Crippen LogP contribution in [0.1, 0.15) is 15.9 Å². The molecule has 8 heteroatoms. The standard InChI is InChI=1S/C24H19F2N5O/c25-18-10-9-17(13-19(18)26)21-11-12-28-24(31-21)29-14-15-5-7-16(8-6-15)23(32)30-22-4-2-1-3-20(22)27/h1-13H,14,27H2,(H,30,32)(H,28,29,31). The predicted molar refractivity (Wildman–Crippen MR) is 120 cm³/mol. The first-order valence-corrected chi connectivity index (χ1v) is 9.77. The minimum atomic E-state index is -0.935. The number of benzene rings is 3. The Bertz CT molecular complexity index is 1260. The van der Waals surface area contributed by atoms with Gasteiger partial charge in [0.15, 0.2) is 11.6 Å². The highest BCUT2D eigenvalue weighted by Gasteiger charge is 2.09. The van der Waals surface area contributed by atoms with Crippen LogP contribution < -0.4 is 16.4 Å². The normalized spacial score (nSPS) is 10.6. The molecule has 0 fully saturated rings. The molecular weight excluding hydrogens is 412 g/mol. The van der Waals surface area contributed by atoms with Gasteiger partial charge in [0.05, 0.1) is 17.1 Å². The Balaban J connectivity index is 1.40. The molecule has 32 heavy (non-hydrogen) atoms. The zero-order valence-electron chi connectivity index (χ0n) is 16.8. The third-order valence-corrected chi connectivity index (χ3v) is 4.75. The molecule has 4 aromatic rings. The number of rotatable bonds is 6. The fraction of sp³-hybridized carbons (Fsp3) is 0.0417. The summed E-state index contributed by atoms with van der Waals surface area (Å²) in [5.41, 5.74) is 9.22. The van der Waals surface area contributed by atoms with Crippen molar-refractivity contribution in [2.75, 3.05) is 16.4 Å². The summed E-state index contributed by atoms with van der Waals surface area (Å²) in [6, 6.07) is 19.3. The Morgan fingerprint density at radius 1 is 0.938 bits per heavy atom. The number of nitrogen functional groups attached to an aromatic ring is 1. The second-order valence-corrected chi connectivity index (χ2v) is 6.99. The van der Waals surface area contributed by atoms with Crippen molar-refractivity contribution < 1.29 is 13.6 Å². The first kappa shape index (κ1) is 20.9. The molecule has 1 amide bonds. The molecule has 160 valence electrons. The van der Waals surface area contributed by atoms with Gasteiger partial charge in [0, 0.05) is 23.9 Å². The van der Waals surface area contributed by atoms with Crippen LogP contribution in [-0.2, 0) is 6.54 Å². The van der Waals surface area contributed by atoms with Crippen LogP contribution in [0.5, 0.6) is 0 Å². The summed E-state index contributed by atoms with van der Waals surface area (Å²) in [5, 5.41) is 5.87. The van der Waals surface area contributed by atoms with Crippen molar-refractivity contribution in [3.63, 3.8) is 0 Å². The van der Waals surface area contributed by atoms with Gasteiger partial charge in [0.25, 0.3) is 5.91 Å². The van der Waals surface area contributed by atoms with Crippen molar-refractivity contribution >= 4 is 23.2 Å². The molecule has 0 saturated carbocycles. The lowest BCUT2D eigenvalue weighted by Crippen LogP contribution is -2.13. The maximum atomic E-state index is 13.5. The van der Waals surface area contributed by atoms with Crippen LogP contribution in [0.3, 0.4) is 0 Å². The van der Waals surface area contributed by atoms with Gasteiger partial charge in [0.1, 0.15) is 0 Å². The highest BCUT2D eigenvalue weighted by molar-refractivity contribution is 6.05. The molecule has 3 aromatic carbocycles. The average molecular weight is 431 g/mol. The molecule has 6 nitrogen and oxygen atoms in total. The van der Waals surface area contributed by atoms with E-state index < -0.39 is 11.6 Å². The summed E-state index contributed by atoms with van der Waals surface area (Å²) in [6.07, 6.45) is 1.54. The zero-order chi connectivity index (χ0) is 22.5. The van der Waals surface area contributed by atoms with Crippen LogP contribution in [0.4, 0.5) is 26.1 Å². The van der Waals surface area contributed by atoms with Gasteiger partial charge >= 0.3 is 0 Å². The number of anilines is 3. The molecule has 0 spiro atoms. The summed E-state index contributed by atoms with van der Waals surface area (Å²) in [5.74, 6) is -1.77. The van der Waals surface area contributed by atoms with Gasteiger partial charge in [-0.1, -0.05) is 24.3 Å². The first-order valence-electron chi connectivity index (χ1n) is 9.77. The number of amides is 1. The number of nitrogens with two attached hydrogens (primary N) is 1. The van der Waals surface area contributed by atoms with E-state index in [-0.39, 0.29) is 5.91 Å². The molecule has 1 heterocycles. The van der Waals surface area contributed by atoms with E-state index >= 15 is 0 Å². The Morgan fingerprint density at radius 3 is 2.47 bits per heavy atom. The Labute approximate surface area is 183 Å². The number of halogens is 2. The summed E-state index contributed by atoms with van der Waals surface area (Å²) in [4.78, 5) is 20.9. The number of carbonyl (C=O) groups excluding carboxylic acids is 1. The molecule has 4 N–H and O–H groups in total. The maximum Gasteiger partial charge on any atom is 0.255 e. The second-order valence-electron chi connectivity index (χ2n) is 6.99. The predicted octanol–water partition coefficient (Wildman–Crippen LogP) is 4.87. The molecule has 0 aliphatic heterocycles. The van der Waals surface area contributed by atoms with E-state index in [2.05, 4.69) is 20.6 Å². The largest absolute Gasteiger partial charge is 0.397 e. The number of nitrogens with one attached hydrogen (secondary N) is 2. The number of para-hydroxylation sites is 2. The molecular formula is C24H19F2N5O. The molecule has 0 unspecified atom stereocenters. The van der Waals surface area contributed by atoms with E-state index in [1.54, 1.807) is 42.5 Å². The van der Waals surface area contributed by atoms with Gasteiger partial charge in [-0.15, -0.1) is 0 Å². The molecule has 0 aliphatic carbocycles. The van der Waals surface area contributed by atoms with Crippen LogP contribution in [0, 0.1) is 11.6 Å². The van der Waals surface area contributed by atoms with Crippen LogP contribution in [0.15, 0.2) is 79.0 Å². The molecule has 0 atom stereocenters. The number of nitrogens with zero attached hydrogens (tertiary/aromatic N) is 2. The SMILES string of the molecule is Nc1ccccc1NC(=O)c1ccc(CNc2nccc(-c3ccc(F)c(F)c3)n2)cc1. The number of carbonyl (C=O) groups is 1.